The van der Waals surface area contributed by atoms with Crippen LogP contribution in [0.3, 0.4) is 0 Å². The van der Waals surface area contributed by atoms with Crippen molar-refractivity contribution in [3.8, 4) is 0 Å². The summed E-state index contributed by atoms with van der Waals surface area (Å²) < 4.78 is 0. The van der Waals surface area contributed by atoms with Crippen molar-refractivity contribution in [2.75, 3.05) is 5.84 Å². The molecule has 4 nitrogen and oxygen atoms in total. The summed E-state index contributed by atoms with van der Waals surface area (Å²) >= 11 is 0. The third-order valence-corrected chi connectivity index (χ3v) is 4.31. The molecule has 1 heterocycles. The molecule has 0 atom stereocenters. The first-order chi connectivity index (χ1) is 8.09. The molecule has 1 aromatic heterocycles. The molecule has 0 unspecified atom stereocenters. The van der Waals surface area contributed by atoms with Crippen LogP contribution in [0.15, 0.2) is 4.79 Å². The van der Waals surface area contributed by atoms with Crippen molar-refractivity contribution in [1.82, 2.24) is 9.89 Å². The average Bonchev–Trinajstić information content (AvgIpc) is 2.34. The van der Waals surface area contributed by atoms with Crippen LogP contribution in [0.2, 0.25) is 0 Å². The first-order valence-corrected chi connectivity index (χ1v) is 6.51. The maximum absolute atomic E-state index is 12.2. The largest absolute Gasteiger partial charge is 0.320 e. The minimum Gasteiger partial charge on any atom is -0.320 e. The molecule has 2 N–H and O–H groups in total. The summed E-state index contributed by atoms with van der Waals surface area (Å²) in [7, 11) is 0. The highest BCUT2D eigenvalue weighted by Crippen LogP contribution is 2.49. The van der Waals surface area contributed by atoms with Crippen LogP contribution in [0.4, 0.5) is 0 Å². The van der Waals surface area contributed by atoms with Gasteiger partial charge in [0.1, 0.15) is 0 Å². The number of fused-ring (bicyclic) bond motifs is 2. The van der Waals surface area contributed by atoms with Crippen molar-refractivity contribution in [3.05, 3.63) is 27.2 Å². The van der Waals surface area contributed by atoms with Gasteiger partial charge in [-0.25, -0.2) is 0 Å². The Morgan fingerprint density at radius 2 is 1.71 bits per heavy atom. The predicted molar refractivity (Wildman–Crippen MR) is 66.7 cm³/mol. The fourth-order valence-electron chi connectivity index (χ4n) is 3.51. The third-order valence-electron chi connectivity index (χ3n) is 4.31. The van der Waals surface area contributed by atoms with Crippen molar-refractivity contribution < 1.29 is 0 Å². The van der Waals surface area contributed by atoms with Crippen LogP contribution < -0.4 is 11.4 Å². The summed E-state index contributed by atoms with van der Waals surface area (Å²) in [5.74, 6) is 7.02. The second-order valence-corrected chi connectivity index (χ2v) is 5.67. The topological polar surface area (TPSA) is 60.9 Å². The van der Waals surface area contributed by atoms with Gasteiger partial charge in [0.05, 0.1) is 5.69 Å². The zero-order valence-corrected chi connectivity index (χ0v) is 10.4. The van der Waals surface area contributed by atoms with E-state index in [-0.39, 0.29) is 5.56 Å². The monoisotopic (exact) mass is 233 g/mol. The van der Waals surface area contributed by atoms with Gasteiger partial charge in [-0.05, 0) is 49.0 Å². The number of hydrogen-bond acceptors (Lipinski definition) is 3. The first kappa shape index (κ1) is 10.8. The van der Waals surface area contributed by atoms with E-state index in [2.05, 4.69) is 18.9 Å². The van der Waals surface area contributed by atoms with Crippen LogP contribution in [0.5, 0.6) is 0 Å². The number of nitrogens with two attached hydrogens (primary N) is 1. The molecule has 0 spiro atoms. The third kappa shape index (κ3) is 1.43. The lowest BCUT2D eigenvalue weighted by atomic mass is 9.66. The van der Waals surface area contributed by atoms with Crippen molar-refractivity contribution in [3.63, 3.8) is 0 Å². The molecule has 1 saturated carbocycles. The molecule has 1 aromatic rings. The smallest absolute Gasteiger partial charge is 0.289 e. The molecule has 1 fully saturated rings. The Balaban J connectivity index is 2.32. The number of hydrogen-bond donors (Lipinski definition) is 1. The Hall–Kier alpha value is -1.32. The molecule has 0 aliphatic heterocycles. The van der Waals surface area contributed by atoms with Gasteiger partial charge < -0.3 is 5.84 Å². The van der Waals surface area contributed by atoms with Crippen LogP contribution in [-0.2, 0) is 0 Å². The molecule has 17 heavy (non-hydrogen) atoms. The summed E-state index contributed by atoms with van der Waals surface area (Å²) in [6, 6.07) is 0. The zero-order valence-electron chi connectivity index (χ0n) is 10.4. The molecule has 0 saturated heterocycles. The molecule has 92 valence electrons. The molecule has 0 radical (unpaired) electrons. The van der Waals surface area contributed by atoms with Crippen molar-refractivity contribution in [2.45, 2.75) is 57.3 Å². The molecule has 0 aromatic carbocycles. The van der Waals surface area contributed by atoms with Gasteiger partial charge in [-0.2, -0.15) is 5.10 Å². The highest BCUT2D eigenvalue weighted by atomic mass is 16.1. The number of nitrogen functional groups attached to an aromatic ring is 1. The zero-order chi connectivity index (χ0) is 12.2. The van der Waals surface area contributed by atoms with Crippen LogP contribution in [0.25, 0.3) is 0 Å². The summed E-state index contributed by atoms with van der Waals surface area (Å²) in [5, 5.41) is 4.29. The molecular formula is C13H19N3O. The molecule has 3 aliphatic carbocycles. The van der Waals surface area contributed by atoms with Crippen molar-refractivity contribution in [2.24, 2.45) is 0 Å². The molecular weight excluding hydrogens is 214 g/mol. The van der Waals surface area contributed by atoms with Gasteiger partial charge in [0.2, 0.25) is 0 Å². The molecule has 4 heteroatoms. The van der Waals surface area contributed by atoms with Crippen LogP contribution in [-0.4, -0.2) is 9.89 Å². The molecule has 3 aliphatic rings. The van der Waals surface area contributed by atoms with E-state index in [1.54, 1.807) is 0 Å². The number of rotatable bonds is 1. The summed E-state index contributed by atoms with van der Waals surface area (Å²) in [6.07, 6.45) is 4.73. The van der Waals surface area contributed by atoms with Gasteiger partial charge in [0, 0.05) is 5.56 Å². The van der Waals surface area contributed by atoms with E-state index in [0.29, 0.717) is 17.8 Å². The number of aromatic nitrogens is 2. The Morgan fingerprint density at radius 3 is 2.24 bits per heavy atom. The van der Waals surface area contributed by atoms with Gasteiger partial charge in [-0.1, -0.05) is 13.8 Å². The normalized spacial score (nSPS) is 26.3. The van der Waals surface area contributed by atoms with Crippen molar-refractivity contribution >= 4 is 0 Å². The van der Waals surface area contributed by atoms with E-state index in [9.17, 15) is 4.79 Å². The highest BCUT2D eigenvalue weighted by Gasteiger charge is 2.38. The van der Waals surface area contributed by atoms with E-state index >= 15 is 0 Å². The average molecular weight is 233 g/mol. The van der Waals surface area contributed by atoms with Crippen molar-refractivity contribution in [1.29, 1.82) is 0 Å². The Morgan fingerprint density at radius 1 is 1.18 bits per heavy atom. The second kappa shape index (κ2) is 3.59. The first-order valence-electron chi connectivity index (χ1n) is 6.51. The van der Waals surface area contributed by atoms with Gasteiger partial charge in [-0.3, -0.25) is 4.79 Å². The fraction of sp³-hybridized carbons (Fsp3) is 0.692. The number of nitrogens with zero attached hydrogens (tertiary/aromatic N) is 2. The van der Waals surface area contributed by atoms with Crippen LogP contribution in [0, 0.1) is 0 Å². The van der Waals surface area contributed by atoms with E-state index in [4.69, 9.17) is 5.84 Å². The lowest BCUT2D eigenvalue weighted by Crippen LogP contribution is -2.40. The van der Waals surface area contributed by atoms with Crippen LogP contribution >= 0.6 is 0 Å². The quantitative estimate of drug-likeness (QED) is 0.753. The second-order valence-electron chi connectivity index (χ2n) is 5.67. The van der Waals surface area contributed by atoms with E-state index in [1.807, 2.05) is 0 Å². The molecule has 2 bridgehead atoms. The minimum absolute atomic E-state index is 0.0706. The maximum atomic E-state index is 12.2. The predicted octanol–water partition coefficient (Wildman–Crippen LogP) is 1.84. The molecule has 0 amide bonds. The summed E-state index contributed by atoms with van der Waals surface area (Å²) in [5.41, 5.74) is 3.19. The Labute approximate surface area is 101 Å². The van der Waals surface area contributed by atoms with E-state index in [0.717, 1.165) is 28.9 Å². The van der Waals surface area contributed by atoms with Gasteiger partial charge in [-0.15, -0.1) is 4.79 Å². The van der Waals surface area contributed by atoms with E-state index < -0.39 is 0 Å². The molecule has 4 rings (SSSR count). The Bertz CT molecular complexity index is 510. The van der Waals surface area contributed by atoms with Gasteiger partial charge in [0.25, 0.3) is 5.56 Å². The lowest BCUT2D eigenvalue weighted by molar-refractivity contribution is 0.346. The van der Waals surface area contributed by atoms with Gasteiger partial charge in [0.15, 0.2) is 0 Å². The maximum Gasteiger partial charge on any atom is 0.289 e. The summed E-state index contributed by atoms with van der Waals surface area (Å²) in [6.45, 7) is 4.24. The fourth-order valence-corrected chi connectivity index (χ4v) is 3.51. The van der Waals surface area contributed by atoms with Gasteiger partial charge >= 0.3 is 0 Å². The van der Waals surface area contributed by atoms with E-state index in [1.165, 1.54) is 18.4 Å². The summed E-state index contributed by atoms with van der Waals surface area (Å²) in [4.78, 5) is 13.2. The minimum atomic E-state index is -0.0706. The Kier molecular flexibility index (Phi) is 2.28. The standard InChI is InChI=1S/C13H19N3O/c1-7(2)12-10-8-3-5-9(6-4-8)11(10)13(17)16(14)15-12/h7-9H,3-6,14H2,1-2H3. The SMILES string of the molecule is CC(C)c1nn(N)c(=O)c2c1C1CCC2CC1. The van der Waals surface area contributed by atoms with Crippen LogP contribution in [0.1, 0.15) is 74.1 Å². The highest BCUT2D eigenvalue weighted by molar-refractivity contribution is 5.40. The lowest BCUT2D eigenvalue weighted by Gasteiger charge is -2.38.